The van der Waals surface area contributed by atoms with E-state index in [1.54, 1.807) is 18.2 Å². The SMILES string of the molecule is Cc1n[nH]c(C)c1C1CCCN1C(=O)c1cc(COc2ccccc2F)on1. The fourth-order valence-corrected chi connectivity index (χ4v) is 3.70. The van der Waals surface area contributed by atoms with Gasteiger partial charge in [0.15, 0.2) is 23.0 Å². The lowest BCUT2D eigenvalue weighted by molar-refractivity contribution is 0.0724. The Bertz CT molecular complexity index is 978. The van der Waals surface area contributed by atoms with Crippen LogP contribution in [-0.4, -0.2) is 32.7 Å². The van der Waals surface area contributed by atoms with Crippen LogP contribution in [0.3, 0.4) is 0 Å². The number of para-hydroxylation sites is 1. The highest BCUT2D eigenvalue weighted by Gasteiger charge is 2.34. The number of rotatable bonds is 5. The number of halogens is 1. The Morgan fingerprint density at radius 3 is 2.96 bits per heavy atom. The molecule has 7 nitrogen and oxygen atoms in total. The van der Waals surface area contributed by atoms with Crippen molar-refractivity contribution in [1.29, 1.82) is 0 Å². The molecular weight excluding hydrogens is 363 g/mol. The number of carbonyl (C=O) groups is 1. The summed E-state index contributed by atoms with van der Waals surface area (Å²) in [6, 6.07) is 7.64. The van der Waals surface area contributed by atoms with Gasteiger partial charge in [-0.05, 0) is 38.8 Å². The number of aromatic nitrogens is 3. The van der Waals surface area contributed by atoms with Gasteiger partial charge in [0.2, 0.25) is 0 Å². The van der Waals surface area contributed by atoms with E-state index >= 15 is 0 Å². The van der Waals surface area contributed by atoms with E-state index in [1.165, 1.54) is 12.1 Å². The molecule has 3 heterocycles. The highest BCUT2D eigenvalue weighted by Crippen LogP contribution is 2.35. The average molecular weight is 384 g/mol. The Morgan fingerprint density at radius 1 is 1.39 bits per heavy atom. The van der Waals surface area contributed by atoms with Gasteiger partial charge in [-0.25, -0.2) is 4.39 Å². The van der Waals surface area contributed by atoms with Crippen molar-refractivity contribution in [2.75, 3.05) is 6.54 Å². The van der Waals surface area contributed by atoms with Gasteiger partial charge in [0.25, 0.3) is 5.91 Å². The number of ether oxygens (including phenoxy) is 1. The van der Waals surface area contributed by atoms with Crippen LogP contribution in [0.1, 0.15) is 52.1 Å². The maximum atomic E-state index is 13.6. The molecule has 1 atom stereocenters. The summed E-state index contributed by atoms with van der Waals surface area (Å²) >= 11 is 0. The van der Waals surface area contributed by atoms with E-state index in [2.05, 4.69) is 15.4 Å². The molecule has 1 saturated heterocycles. The molecule has 0 saturated carbocycles. The van der Waals surface area contributed by atoms with Gasteiger partial charge in [-0.2, -0.15) is 5.10 Å². The summed E-state index contributed by atoms with van der Waals surface area (Å²) in [7, 11) is 0. The van der Waals surface area contributed by atoms with Gasteiger partial charge in [-0.15, -0.1) is 0 Å². The molecule has 0 bridgehead atoms. The van der Waals surface area contributed by atoms with Crippen LogP contribution in [0.25, 0.3) is 0 Å². The van der Waals surface area contributed by atoms with Crippen molar-refractivity contribution in [1.82, 2.24) is 20.3 Å². The van der Waals surface area contributed by atoms with E-state index in [-0.39, 0.29) is 30.0 Å². The number of H-pyrrole nitrogens is 1. The quantitative estimate of drug-likeness (QED) is 0.725. The molecule has 2 aromatic heterocycles. The fraction of sp³-hybridized carbons (Fsp3) is 0.350. The number of nitrogens with one attached hydrogen (secondary N) is 1. The van der Waals surface area contributed by atoms with Gasteiger partial charge in [0.1, 0.15) is 6.61 Å². The third kappa shape index (κ3) is 3.37. The molecule has 1 fully saturated rings. The first-order chi connectivity index (χ1) is 13.5. The van der Waals surface area contributed by atoms with Gasteiger partial charge < -0.3 is 14.2 Å². The van der Waals surface area contributed by atoms with E-state index in [0.29, 0.717) is 12.3 Å². The third-order valence-electron chi connectivity index (χ3n) is 5.02. The van der Waals surface area contributed by atoms with Crippen LogP contribution in [0.15, 0.2) is 34.9 Å². The fourth-order valence-electron chi connectivity index (χ4n) is 3.70. The largest absolute Gasteiger partial charge is 0.482 e. The Morgan fingerprint density at radius 2 is 2.21 bits per heavy atom. The Balaban J connectivity index is 1.47. The molecule has 3 aromatic rings. The number of amides is 1. The molecule has 0 spiro atoms. The van der Waals surface area contributed by atoms with Crippen molar-refractivity contribution < 1.29 is 18.4 Å². The highest BCUT2D eigenvalue weighted by molar-refractivity contribution is 5.92. The number of nitrogens with zero attached hydrogens (tertiary/aromatic N) is 3. The zero-order valence-electron chi connectivity index (χ0n) is 15.7. The summed E-state index contributed by atoms with van der Waals surface area (Å²) in [5, 5.41) is 11.1. The van der Waals surface area contributed by atoms with Crippen LogP contribution in [-0.2, 0) is 6.61 Å². The summed E-state index contributed by atoms with van der Waals surface area (Å²) in [6.07, 6.45) is 1.80. The molecule has 0 radical (unpaired) electrons. The van der Waals surface area contributed by atoms with E-state index in [0.717, 1.165) is 29.8 Å². The summed E-state index contributed by atoms with van der Waals surface area (Å²) < 4.78 is 24.3. The summed E-state index contributed by atoms with van der Waals surface area (Å²) in [6.45, 7) is 4.55. The molecule has 0 aliphatic carbocycles. The first-order valence-corrected chi connectivity index (χ1v) is 9.20. The summed E-state index contributed by atoms with van der Waals surface area (Å²) in [4.78, 5) is 14.8. The highest BCUT2D eigenvalue weighted by atomic mass is 19.1. The van der Waals surface area contributed by atoms with Gasteiger partial charge in [-0.1, -0.05) is 17.3 Å². The molecule has 1 aliphatic heterocycles. The maximum absolute atomic E-state index is 13.6. The first kappa shape index (κ1) is 18.2. The topological polar surface area (TPSA) is 84.2 Å². The van der Waals surface area contributed by atoms with Gasteiger partial charge in [0.05, 0.1) is 11.7 Å². The van der Waals surface area contributed by atoms with Crippen LogP contribution in [0, 0.1) is 19.7 Å². The van der Waals surface area contributed by atoms with Crippen LogP contribution in [0.5, 0.6) is 5.75 Å². The van der Waals surface area contributed by atoms with Crippen molar-refractivity contribution in [3.8, 4) is 5.75 Å². The van der Waals surface area contributed by atoms with Crippen LogP contribution >= 0.6 is 0 Å². The number of aryl methyl sites for hydroxylation is 2. The molecular formula is C20H21FN4O3. The summed E-state index contributed by atoms with van der Waals surface area (Å²) in [5.74, 6) is -0.164. The predicted octanol–water partition coefficient (Wildman–Crippen LogP) is 3.71. The number of hydrogen-bond acceptors (Lipinski definition) is 5. The monoisotopic (exact) mass is 384 g/mol. The lowest BCUT2D eigenvalue weighted by Crippen LogP contribution is -2.31. The average Bonchev–Trinajstić information content (AvgIpc) is 3.41. The molecule has 28 heavy (non-hydrogen) atoms. The minimum absolute atomic E-state index is 0.00934. The molecule has 1 amide bonds. The van der Waals surface area contributed by atoms with Crippen LogP contribution in [0.4, 0.5) is 4.39 Å². The zero-order chi connectivity index (χ0) is 19.7. The minimum atomic E-state index is -0.455. The standard InChI is InChI=1S/C20H21FN4O3/c1-12-19(13(2)23-22-12)17-7-5-9-25(17)20(26)16-10-14(28-24-16)11-27-18-8-4-3-6-15(18)21/h3-4,6,8,10,17H,5,7,9,11H2,1-2H3,(H,22,23). The van der Waals surface area contributed by atoms with Crippen molar-refractivity contribution in [3.63, 3.8) is 0 Å². The van der Waals surface area contributed by atoms with E-state index in [9.17, 15) is 9.18 Å². The smallest absolute Gasteiger partial charge is 0.276 e. The molecule has 146 valence electrons. The van der Waals surface area contributed by atoms with Crippen LogP contribution < -0.4 is 4.74 Å². The van der Waals surface area contributed by atoms with Crippen molar-refractivity contribution in [2.45, 2.75) is 39.3 Å². The second kappa shape index (κ2) is 7.46. The van der Waals surface area contributed by atoms with Crippen LogP contribution in [0.2, 0.25) is 0 Å². The minimum Gasteiger partial charge on any atom is -0.482 e. The Labute approximate surface area is 161 Å². The van der Waals surface area contributed by atoms with Crippen molar-refractivity contribution in [2.24, 2.45) is 0 Å². The number of benzene rings is 1. The summed E-state index contributed by atoms with van der Waals surface area (Å²) in [5.41, 5.74) is 3.16. The maximum Gasteiger partial charge on any atom is 0.276 e. The van der Waals surface area contributed by atoms with Gasteiger partial charge in [0, 0.05) is 23.9 Å². The van der Waals surface area contributed by atoms with Gasteiger partial charge in [-0.3, -0.25) is 9.89 Å². The lowest BCUT2D eigenvalue weighted by Gasteiger charge is -2.24. The van der Waals surface area contributed by atoms with Crippen molar-refractivity contribution in [3.05, 3.63) is 64.6 Å². The number of hydrogen-bond donors (Lipinski definition) is 1. The molecule has 1 N–H and O–H groups in total. The normalized spacial score (nSPS) is 16.5. The molecule has 1 unspecified atom stereocenters. The number of carbonyl (C=O) groups excluding carboxylic acids is 1. The molecule has 1 aromatic carbocycles. The Hall–Kier alpha value is -3.16. The molecule has 4 rings (SSSR count). The third-order valence-corrected chi connectivity index (χ3v) is 5.02. The number of aromatic amines is 1. The second-order valence-electron chi connectivity index (χ2n) is 6.90. The number of likely N-dealkylation sites (tertiary alicyclic amines) is 1. The first-order valence-electron chi connectivity index (χ1n) is 9.20. The van der Waals surface area contributed by atoms with Crippen molar-refractivity contribution >= 4 is 5.91 Å². The molecule has 1 aliphatic rings. The Kier molecular flexibility index (Phi) is 4.85. The molecule has 8 heteroatoms. The second-order valence-corrected chi connectivity index (χ2v) is 6.90. The van der Waals surface area contributed by atoms with E-state index in [4.69, 9.17) is 9.26 Å². The lowest BCUT2D eigenvalue weighted by atomic mass is 10.0. The van der Waals surface area contributed by atoms with E-state index < -0.39 is 5.82 Å². The van der Waals surface area contributed by atoms with E-state index in [1.807, 2.05) is 18.7 Å². The van der Waals surface area contributed by atoms with Gasteiger partial charge >= 0.3 is 0 Å². The zero-order valence-corrected chi connectivity index (χ0v) is 15.7. The predicted molar refractivity (Wildman–Crippen MR) is 98.3 cm³/mol.